The van der Waals surface area contributed by atoms with E-state index in [1.807, 2.05) is 49.4 Å². The van der Waals surface area contributed by atoms with Crippen molar-refractivity contribution in [2.24, 2.45) is 5.92 Å². The molecule has 1 saturated heterocycles. The van der Waals surface area contributed by atoms with Crippen LogP contribution in [0.5, 0.6) is 11.5 Å². The zero-order valence-corrected chi connectivity index (χ0v) is 20.7. The number of benzene rings is 2. The van der Waals surface area contributed by atoms with Crippen molar-refractivity contribution in [3.63, 3.8) is 0 Å². The number of likely N-dealkylation sites (tertiary alicyclic amines) is 1. The van der Waals surface area contributed by atoms with E-state index in [1.54, 1.807) is 19.9 Å². The van der Waals surface area contributed by atoms with E-state index in [1.165, 1.54) is 0 Å². The van der Waals surface area contributed by atoms with Crippen LogP contribution in [0.1, 0.15) is 40.0 Å². The molecule has 0 unspecified atom stereocenters. The smallest absolute Gasteiger partial charge is 0.347 e. The van der Waals surface area contributed by atoms with E-state index in [0.29, 0.717) is 18.3 Å². The van der Waals surface area contributed by atoms with Crippen LogP contribution >= 0.6 is 0 Å². The molecule has 4 rings (SSSR count). The van der Waals surface area contributed by atoms with E-state index in [9.17, 15) is 9.90 Å². The summed E-state index contributed by atoms with van der Waals surface area (Å²) in [4.78, 5) is 13.8. The molecule has 0 aromatic heterocycles. The normalized spacial score (nSPS) is 16.5. The van der Waals surface area contributed by atoms with Gasteiger partial charge in [0.1, 0.15) is 17.3 Å². The summed E-state index contributed by atoms with van der Waals surface area (Å²) >= 11 is 0. The molecule has 3 N–H and O–H groups in total. The first kappa shape index (κ1) is 24.5. The Bertz CT molecular complexity index is 1100. The standard InChI is InChI=1S/C28H35N3O4/c1-20-10-11-26(30-29-20)31-15-12-21(13-16-31)14-17-34-24-8-4-6-22(18-24)23-7-5-9-25(19-23)35-28(2,3)27(32)33/h4-11,18-19,21,29-30H,12-17H2,1-3H3,(H,32,33). The highest BCUT2D eigenvalue weighted by Gasteiger charge is 2.29. The Morgan fingerprint density at radius 2 is 1.69 bits per heavy atom. The summed E-state index contributed by atoms with van der Waals surface area (Å²) in [5.41, 5.74) is 8.22. The predicted molar refractivity (Wildman–Crippen MR) is 137 cm³/mol. The van der Waals surface area contributed by atoms with Gasteiger partial charge in [0.05, 0.1) is 6.61 Å². The molecule has 2 heterocycles. The largest absolute Gasteiger partial charge is 0.494 e. The van der Waals surface area contributed by atoms with Gasteiger partial charge in [0.15, 0.2) is 5.60 Å². The minimum atomic E-state index is -1.30. The first-order chi connectivity index (χ1) is 16.8. The van der Waals surface area contributed by atoms with E-state index in [-0.39, 0.29) is 0 Å². The predicted octanol–water partition coefficient (Wildman–Crippen LogP) is 4.93. The number of rotatable bonds is 9. The number of hydrogen-bond acceptors (Lipinski definition) is 6. The minimum absolute atomic E-state index is 0.522. The number of nitrogens with zero attached hydrogens (tertiary/aromatic N) is 1. The van der Waals surface area contributed by atoms with Crippen molar-refractivity contribution in [1.29, 1.82) is 0 Å². The molecule has 0 bridgehead atoms. The third-order valence-corrected chi connectivity index (χ3v) is 6.52. The number of allylic oxidation sites excluding steroid dienone is 3. The third-order valence-electron chi connectivity index (χ3n) is 6.52. The summed E-state index contributed by atoms with van der Waals surface area (Å²) in [6.07, 6.45) is 7.59. The van der Waals surface area contributed by atoms with E-state index in [2.05, 4.69) is 27.9 Å². The summed E-state index contributed by atoms with van der Waals surface area (Å²) in [5.74, 6) is 2.16. The van der Waals surface area contributed by atoms with Gasteiger partial charge in [-0.15, -0.1) is 0 Å². The van der Waals surface area contributed by atoms with Crippen molar-refractivity contribution < 1.29 is 19.4 Å². The van der Waals surface area contributed by atoms with Gasteiger partial charge < -0.3 is 24.9 Å². The molecule has 7 nitrogen and oxygen atoms in total. The highest BCUT2D eigenvalue weighted by Crippen LogP contribution is 2.29. The zero-order chi connectivity index (χ0) is 24.8. The second kappa shape index (κ2) is 10.8. The van der Waals surface area contributed by atoms with E-state index in [4.69, 9.17) is 9.47 Å². The van der Waals surface area contributed by atoms with Gasteiger partial charge in [-0.3, -0.25) is 5.43 Å². The molecule has 2 aromatic carbocycles. The molecule has 0 amide bonds. The fourth-order valence-corrected chi connectivity index (χ4v) is 4.28. The van der Waals surface area contributed by atoms with Gasteiger partial charge in [0.2, 0.25) is 0 Å². The number of carboxylic acid groups (broad SMARTS) is 1. The van der Waals surface area contributed by atoms with Crippen molar-refractivity contribution in [2.45, 2.75) is 45.6 Å². The Morgan fingerprint density at radius 1 is 1.03 bits per heavy atom. The quantitative estimate of drug-likeness (QED) is 0.472. The lowest BCUT2D eigenvalue weighted by Gasteiger charge is -2.36. The number of hydrogen-bond donors (Lipinski definition) is 3. The molecule has 0 aliphatic carbocycles. The number of piperidine rings is 1. The van der Waals surface area contributed by atoms with Gasteiger partial charge in [0, 0.05) is 18.8 Å². The summed E-state index contributed by atoms with van der Waals surface area (Å²) in [6.45, 7) is 7.90. The van der Waals surface area contributed by atoms with Crippen LogP contribution in [-0.4, -0.2) is 41.3 Å². The lowest BCUT2D eigenvalue weighted by Crippen LogP contribution is -2.43. The molecule has 0 spiro atoms. The molecule has 2 aliphatic heterocycles. The van der Waals surface area contributed by atoms with Crippen molar-refractivity contribution in [3.8, 4) is 22.6 Å². The molecule has 0 saturated carbocycles. The topological polar surface area (TPSA) is 83.1 Å². The first-order valence-corrected chi connectivity index (χ1v) is 12.2. The Kier molecular flexibility index (Phi) is 7.54. The average Bonchev–Trinajstić information content (AvgIpc) is 2.85. The monoisotopic (exact) mass is 477 g/mol. The van der Waals surface area contributed by atoms with Crippen LogP contribution in [0.2, 0.25) is 0 Å². The number of nitrogens with one attached hydrogen (secondary N) is 2. The lowest BCUT2D eigenvalue weighted by atomic mass is 9.94. The fourth-order valence-electron chi connectivity index (χ4n) is 4.28. The Morgan fingerprint density at radius 3 is 2.31 bits per heavy atom. The van der Waals surface area contributed by atoms with Crippen LogP contribution in [0.25, 0.3) is 11.1 Å². The number of hydrazine groups is 1. The summed E-state index contributed by atoms with van der Waals surface area (Å²) in [6, 6.07) is 15.5. The zero-order valence-electron chi connectivity index (χ0n) is 20.7. The lowest BCUT2D eigenvalue weighted by molar-refractivity contribution is -0.152. The van der Waals surface area contributed by atoms with Gasteiger partial charge >= 0.3 is 5.97 Å². The van der Waals surface area contributed by atoms with Crippen LogP contribution in [0.4, 0.5) is 0 Å². The van der Waals surface area contributed by atoms with Crippen LogP contribution in [0, 0.1) is 5.92 Å². The van der Waals surface area contributed by atoms with Crippen LogP contribution in [-0.2, 0) is 4.79 Å². The van der Waals surface area contributed by atoms with Gasteiger partial charge in [-0.05, 0) is 93.5 Å². The summed E-state index contributed by atoms with van der Waals surface area (Å²) in [7, 11) is 0. The maximum atomic E-state index is 11.4. The van der Waals surface area contributed by atoms with Gasteiger partial charge in [-0.1, -0.05) is 24.3 Å². The number of aliphatic carboxylic acids is 1. The van der Waals surface area contributed by atoms with Crippen LogP contribution in [0.3, 0.4) is 0 Å². The molecule has 7 heteroatoms. The van der Waals surface area contributed by atoms with Gasteiger partial charge in [-0.25, -0.2) is 4.79 Å². The van der Waals surface area contributed by atoms with Crippen LogP contribution in [0.15, 0.2) is 72.2 Å². The molecule has 186 valence electrons. The molecule has 0 radical (unpaired) electrons. The summed E-state index contributed by atoms with van der Waals surface area (Å²) < 4.78 is 11.8. The third kappa shape index (κ3) is 6.50. The number of carbonyl (C=O) groups is 1. The fraction of sp³-hybridized carbons (Fsp3) is 0.393. The highest BCUT2D eigenvalue weighted by atomic mass is 16.5. The Balaban J connectivity index is 1.28. The molecule has 35 heavy (non-hydrogen) atoms. The Labute approximate surface area is 207 Å². The van der Waals surface area contributed by atoms with Crippen LogP contribution < -0.4 is 20.3 Å². The molecular weight excluding hydrogens is 442 g/mol. The first-order valence-electron chi connectivity index (χ1n) is 12.2. The minimum Gasteiger partial charge on any atom is -0.494 e. The molecule has 0 atom stereocenters. The van der Waals surface area contributed by atoms with E-state index < -0.39 is 11.6 Å². The van der Waals surface area contributed by atoms with Crippen molar-refractivity contribution in [2.75, 3.05) is 19.7 Å². The molecular formula is C28H35N3O4. The van der Waals surface area contributed by atoms with Gasteiger partial charge in [0.25, 0.3) is 0 Å². The van der Waals surface area contributed by atoms with Gasteiger partial charge in [-0.2, -0.15) is 0 Å². The SMILES string of the molecule is CC1=CC=C(N2CCC(CCOc3cccc(-c4cccc(OC(C)(C)C(=O)O)c4)c3)CC2)NN1. The molecule has 1 fully saturated rings. The number of carboxylic acids is 1. The van der Waals surface area contributed by atoms with Crippen molar-refractivity contribution in [3.05, 3.63) is 72.2 Å². The number of ether oxygens (including phenoxy) is 2. The summed E-state index contributed by atoms with van der Waals surface area (Å²) in [5, 5.41) is 9.33. The molecule has 2 aromatic rings. The highest BCUT2D eigenvalue weighted by molar-refractivity contribution is 5.77. The Hall–Kier alpha value is -3.61. The van der Waals surface area contributed by atoms with Crippen molar-refractivity contribution in [1.82, 2.24) is 15.8 Å². The maximum absolute atomic E-state index is 11.4. The van der Waals surface area contributed by atoms with E-state index in [0.717, 1.165) is 60.7 Å². The maximum Gasteiger partial charge on any atom is 0.347 e. The van der Waals surface area contributed by atoms with E-state index >= 15 is 0 Å². The molecule has 2 aliphatic rings. The average molecular weight is 478 g/mol. The second-order valence-electron chi connectivity index (χ2n) is 9.69. The van der Waals surface area contributed by atoms with Crippen molar-refractivity contribution >= 4 is 5.97 Å². The second-order valence-corrected chi connectivity index (χ2v) is 9.69.